The number of carbonyl (C=O) groups is 1. The van der Waals surface area contributed by atoms with Crippen molar-refractivity contribution >= 4 is 11.8 Å². The minimum Gasteiger partial charge on any atom is -0.459 e. The molecule has 1 fully saturated rings. The highest BCUT2D eigenvalue weighted by atomic mass is 16.5. The van der Waals surface area contributed by atoms with E-state index in [0.717, 1.165) is 41.9 Å². The van der Waals surface area contributed by atoms with Gasteiger partial charge in [-0.25, -0.2) is 0 Å². The molecule has 164 valence electrons. The molecule has 7 nitrogen and oxygen atoms in total. The standard InChI is InChI=1S/C24H29N3O4/c1-4-18(3)27(23(28)21-9-6-12-30-21)16-20-22(19-8-5-7-17(2)15-19)25-31-24(20)26-10-13-29-14-11-26/h5-9,12,15,18H,4,10-11,13-14,16H2,1-3H3. The molecule has 0 aliphatic carbocycles. The number of hydrogen-bond donors (Lipinski definition) is 0. The molecular weight excluding hydrogens is 394 g/mol. The minimum absolute atomic E-state index is 0.0235. The van der Waals surface area contributed by atoms with Crippen molar-refractivity contribution in [2.24, 2.45) is 0 Å². The summed E-state index contributed by atoms with van der Waals surface area (Å²) in [4.78, 5) is 17.3. The SMILES string of the molecule is CCC(C)N(Cc1c(-c2cccc(C)c2)noc1N1CCOCC1)C(=O)c1ccco1. The van der Waals surface area contributed by atoms with Gasteiger partial charge >= 0.3 is 0 Å². The quantitative estimate of drug-likeness (QED) is 0.556. The molecule has 1 aliphatic rings. The van der Waals surface area contributed by atoms with Gasteiger partial charge in [0.15, 0.2) is 5.76 Å². The van der Waals surface area contributed by atoms with Gasteiger partial charge in [-0.3, -0.25) is 4.79 Å². The second kappa shape index (κ2) is 9.39. The first-order chi connectivity index (χ1) is 15.1. The zero-order valence-electron chi connectivity index (χ0n) is 18.3. The molecule has 0 spiro atoms. The molecule has 1 aromatic carbocycles. The topological polar surface area (TPSA) is 72.0 Å². The number of aryl methyl sites for hydroxylation is 1. The van der Waals surface area contributed by atoms with Gasteiger partial charge in [0.2, 0.25) is 5.88 Å². The molecule has 0 radical (unpaired) electrons. The van der Waals surface area contributed by atoms with Crippen LogP contribution in [0.2, 0.25) is 0 Å². The molecule has 7 heteroatoms. The third-order valence-electron chi connectivity index (χ3n) is 5.80. The number of rotatable bonds is 7. The maximum absolute atomic E-state index is 13.3. The van der Waals surface area contributed by atoms with E-state index in [0.29, 0.717) is 31.4 Å². The summed E-state index contributed by atoms with van der Waals surface area (Å²) in [6, 6.07) is 11.6. The van der Waals surface area contributed by atoms with Crippen molar-refractivity contribution in [3.8, 4) is 11.3 Å². The van der Waals surface area contributed by atoms with Crippen LogP contribution >= 0.6 is 0 Å². The number of ether oxygens (including phenoxy) is 1. The number of carbonyl (C=O) groups excluding carboxylic acids is 1. The Morgan fingerprint density at radius 3 is 2.71 bits per heavy atom. The zero-order chi connectivity index (χ0) is 21.8. The van der Waals surface area contributed by atoms with E-state index >= 15 is 0 Å². The molecule has 3 heterocycles. The number of morpholine rings is 1. The van der Waals surface area contributed by atoms with E-state index in [4.69, 9.17) is 13.7 Å². The van der Waals surface area contributed by atoms with E-state index in [9.17, 15) is 4.79 Å². The summed E-state index contributed by atoms with van der Waals surface area (Å²) < 4.78 is 16.8. The molecule has 0 bridgehead atoms. The number of benzene rings is 1. The maximum Gasteiger partial charge on any atom is 0.290 e. The van der Waals surface area contributed by atoms with E-state index in [1.54, 1.807) is 12.1 Å². The van der Waals surface area contributed by atoms with Crippen LogP contribution in [0.15, 0.2) is 51.6 Å². The predicted molar refractivity (Wildman–Crippen MR) is 118 cm³/mol. The highest BCUT2D eigenvalue weighted by Crippen LogP contribution is 2.34. The van der Waals surface area contributed by atoms with Crippen LogP contribution in [0.1, 0.15) is 41.9 Å². The molecule has 4 rings (SSSR count). The van der Waals surface area contributed by atoms with E-state index in [2.05, 4.69) is 43.0 Å². The van der Waals surface area contributed by atoms with Crippen molar-refractivity contribution in [2.45, 2.75) is 39.8 Å². The van der Waals surface area contributed by atoms with Crippen LogP contribution in [0, 0.1) is 6.92 Å². The van der Waals surface area contributed by atoms with E-state index in [-0.39, 0.29) is 11.9 Å². The highest BCUT2D eigenvalue weighted by molar-refractivity contribution is 5.92. The second-order valence-electron chi connectivity index (χ2n) is 7.95. The largest absolute Gasteiger partial charge is 0.459 e. The average Bonchev–Trinajstić information content (AvgIpc) is 3.47. The molecule has 3 aromatic rings. The average molecular weight is 424 g/mol. The van der Waals surface area contributed by atoms with Gasteiger partial charge in [-0.05, 0) is 38.5 Å². The molecule has 0 N–H and O–H groups in total. The van der Waals surface area contributed by atoms with Crippen LogP contribution in [0.3, 0.4) is 0 Å². The lowest BCUT2D eigenvalue weighted by atomic mass is 10.0. The molecule has 1 saturated heterocycles. The van der Waals surface area contributed by atoms with Gasteiger partial charge in [0, 0.05) is 24.7 Å². The molecule has 0 saturated carbocycles. The molecule has 1 aliphatic heterocycles. The Morgan fingerprint density at radius 2 is 2.03 bits per heavy atom. The van der Waals surface area contributed by atoms with E-state index in [1.807, 2.05) is 17.0 Å². The van der Waals surface area contributed by atoms with Gasteiger partial charge in [-0.2, -0.15) is 0 Å². The fourth-order valence-corrected chi connectivity index (χ4v) is 3.84. The third kappa shape index (κ3) is 4.51. The molecule has 31 heavy (non-hydrogen) atoms. The summed E-state index contributed by atoms with van der Waals surface area (Å²) in [5.74, 6) is 0.908. The first-order valence-electron chi connectivity index (χ1n) is 10.8. The minimum atomic E-state index is -0.135. The second-order valence-corrected chi connectivity index (χ2v) is 7.95. The summed E-state index contributed by atoms with van der Waals surface area (Å²) in [6.07, 6.45) is 2.35. The Balaban J connectivity index is 1.76. The fourth-order valence-electron chi connectivity index (χ4n) is 3.84. The van der Waals surface area contributed by atoms with E-state index < -0.39 is 0 Å². The first-order valence-corrected chi connectivity index (χ1v) is 10.8. The molecule has 2 aromatic heterocycles. The van der Waals surface area contributed by atoms with Crippen LogP contribution in [0.25, 0.3) is 11.3 Å². The third-order valence-corrected chi connectivity index (χ3v) is 5.80. The van der Waals surface area contributed by atoms with Crippen molar-refractivity contribution in [3.63, 3.8) is 0 Å². The van der Waals surface area contributed by atoms with E-state index in [1.165, 1.54) is 6.26 Å². The Kier molecular flexibility index (Phi) is 6.42. The monoisotopic (exact) mass is 423 g/mol. The zero-order valence-corrected chi connectivity index (χ0v) is 18.3. The summed E-state index contributed by atoms with van der Waals surface area (Å²) in [6.45, 7) is 9.29. The number of aromatic nitrogens is 1. The Morgan fingerprint density at radius 1 is 1.23 bits per heavy atom. The molecule has 1 unspecified atom stereocenters. The molecule has 1 atom stereocenters. The van der Waals surface area contributed by atoms with Crippen LogP contribution in [0.4, 0.5) is 5.88 Å². The molecule has 1 amide bonds. The number of nitrogens with zero attached hydrogens (tertiary/aromatic N) is 3. The summed E-state index contributed by atoms with van der Waals surface area (Å²) in [5, 5.41) is 4.44. The predicted octanol–water partition coefficient (Wildman–Crippen LogP) is 4.52. The van der Waals surface area contributed by atoms with Gasteiger partial charge < -0.3 is 23.5 Å². The van der Waals surface area contributed by atoms with Crippen molar-refractivity contribution in [2.75, 3.05) is 31.2 Å². The van der Waals surface area contributed by atoms with Crippen molar-refractivity contribution in [1.29, 1.82) is 0 Å². The summed E-state index contributed by atoms with van der Waals surface area (Å²) in [7, 11) is 0. The number of hydrogen-bond acceptors (Lipinski definition) is 6. The fraction of sp³-hybridized carbons (Fsp3) is 0.417. The van der Waals surface area contributed by atoms with Gasteiger partial charge in [-0.1, -0.05) is 35.8 Å². The van der Waals surface area contributed by atoms with Crippen LogP contribution < -0.4 is 4.90 Å². The van der Waals surface area contributed by atoms with Gasteiger partial charge in [-0.15, -0.1) is 0 Å². The van der Waals surface area contributed by atoms with Gasteiger partial charge in [0.05, 0.1) is 31.6 Å². The lowest BCUT2D eigenvalue weighted by molar-refractivity contribution is 0.0638. The summed E-state index contributed by atoms with van der Waals surface area (Å²) in [5.41, 5.74) is 3.80. The van der Waals surface area contributed by atoms with Crippen molar-refractivity contribution in [1.82, 2.24) is 10.1 Å². The van der Waals surface area contributed by atoms with Crippen molar-refractivity contribution < 1.29 is 18.5 Å². The Labute approximate surface area is 182 Å². The number of anilines is 1. The van der Waals surface area contributed by atoms with Gasteiger partial charge in [0.25, 0.3) is 5.91 Å². The van der Waals surface area contributed by atoms with Crippen LogP contribution in [-0.2, 0) is 11.3 Å². The smallest absolute Gasteiger partial charge is 0.290 e. The first kappa shape index (κ1) is 21.2. The maximum atomic E-state index is 13.3. The Bertz CT molecular complexity index is 1010. The Hall–Kier alpha value is -3.06. The van der Waals surface area contributed by atoms with Crippen molar-refractivity contribution in [3.05, 3.63) is 59.5 Å². The normalized spacial score (nSPS) is 15.1. The lowest BCUT2D eigenvalue weighted by Gasteiger charge is -2.30. The number of amides is 1. The van der Waals surface area contributed by atoms with Gasteiger partial charge in [0.1, 0.15) is 5.69 Å². The lowest BCUT2D eigenvalue weighted by Crippen LogP contribution is -2.39. The number of furan rings is 1. The summed E-state index contributed by atoms with van der Waals surface area (Å²) >= 11 is 0. The van der Waals surface area contributed by atoms with Crippen LogP contribution in [0.5, 0.6) is 0 Å². The highest BCUT2D eigenvalue weighted by Gasteiger charge is 2.30. The van der Waals surface area contributed by atoms with Crippen LogP contribution in [-0.4, -0.2) is 48.3 Å². The molecular formula is C24H29N3O4.